The smallest absolute Gasteiger partial charge is 0.231 e. The molecule has 3 rings (SSSR count). The molecule has 0 saturated heterocycles. The summed E-state index contributed by atoms with van der Waals surface area (Å²) >= 11 is 7.02. The van der Waals surface area contributed by atoms with E-state index >= 15 is 0 Å². The fraction of sp³-hybridized carbons (Fsp3) is 0.250. The summed E-state index contributed by atoms with van der Waals surface area (Å²) in [6.07, 6.45) is 0. The molecule has 0 radical (unpaired) electrons. The van der Waals surface area contributed by atoms with Crippen LogP contribution in [0.1, 0.15) is 11.1 Å². The van der Waals surface area contributed by atoms with Crippen LogP contribution in [0.2, 0.25) is 0 Å². The lowest BCUT2D eigenvalue weighted by atomic mass is 10.1. The fourth-order valence-electron chi connectivity index (χ4n) is 2.37. The quantitative estimate of drug-likeness (QED) is 0.773. The molecule has 0 aliphatic carbocycles. The lowest BCUT2D eigenvalue weighted by Gasteiger charge is -2.12. The van der Waals surface area contributed by atoms with Gasteiger partial charge in [-0.25, -0.2) is 0 Å². The third kappa shape index (κ3) is 3.39. The van der Waals surface area contributed by atoms with Crippen molar-refractivity contribution in [3.63, 3.8) is 0 Å². The molecule has 6 heteroatoms. The van der Waals surface area contributed by atoms with Gasteiger partial charge in [0.2, 0.25) is 6.79 Å². The first-order valence-corrected chi connectivity index (χ1v) is 8.37. The van der Waals surface area contributed by atoms with Crippen molar-refractivity contribution in [2.24, 2.45) is 0 Å². The Balaban J connectivity index is 1.66. The normalized spacial score (nSPS) is 12.5. The number of nitrogens with one attached hydrogen (secondary N) is 1. The zero-order valence-corrected chi connectivity index (χ0v) is 15.2. The molecule has 0 bridgehead atoms. The number of halogens is 2. The highest BCUT2D eigenvalue weighted by molar-refractivity contribution is 9.11. The second-order valence-corrected chi connectivity index (χ2v) is 6.64. The fourth-order valence-corrected chi connectivity index (χ4v) is 3.84. The molecule has 0 amide bonds. The average Bonchev–Trinajstić information content (AvgIpc) is 2.94. The molecule has 0 fully saturated rings. The van der Waals surface area contributed by atoms with Gasteiger partial charge < -0.3 is 19.5 Å². The van der Waals surface area contributed by atoms with E-state index in [1.165, 1.54) is 0 Å². The van der Waals surface area contributed by atoms with Crippen molar-refractivity contribution < 1.29 is 14.2 Å². The molecule has 1 heterocycles. The van der Waals surface area contributed by atoms with Crippen molar-refractivity contribution in [3.8, 4) is 17.2 Å². The molecule has 0 unspecified atom stereocenters. The van der Waals surface area contributed by atoms with Gasteiger partial charge in [0, 0.05) is 23.1 Å². The van der Waals surface area contributed by atoms with Crippen molar-refractivity contribution in [1.29, 1.82) is 0 Å². The molecule has 2 aromatic carbocycles. The van der Waals surface area contributed by atoms with Crippen LogP contribution in [-0.4, -0.2) is 13.9 Å². The predicted molar refractivity (Wildman–Crippen MR) is 91.5 cm³/mol. The van der Waals surface area contributed by atoms with Crippen LogP contribution < -0.4 is 19.5 Å². The van der Waals surface area contributed by atoms with Crippen LogP contribution in [0.4, 0.5) is 0 Å². The topological polar surface area (TPSA) is 39.7 Å². The lowest BCUT2D eigenvalue weighted by molar-refractivity contribution is 0.174. The molecule has 1 aliphatic heterocycles. The van der Waals surface area contributed by atoms with Gasteiger partial charge >= 0.3 is 0 Å². The largest absolute Gasteiger partial charge is 0.495 e. The molecule has 1 N–H and O–H groups in total. The zero-order chi connectivity index (χ0) is 15.5. The van der Waals surface area contributed by atoms with Crippen LogP contribution in [0.15, 0.2) is 39.3 Å². The number of hydrogen-bond acceptors (Lipinski definition) is 4. The minimum absolute atomic E-state index is 0.301. The van der Waals surface area contributed by atoms with Crippen molar-refractivity contribution >= 4 is 31.9 Å². The van der Waals surface area contributed by atoms with E-state index < -0.39 is 0 Å². The third-order valence-electron chi connectivity index (χ3n) is 3.37. The summed E-state index contributed by atoms with van der Waals surface area (Å²) in [6.45, 7) is 1.75. The monoisotopic (exact) mass is 427 g/mol. The van der Waals surface area contributed by atoms with E-state index in [0.717, 1.165) is 43.9 Å². The van der Waals surface area contributed by atoms with Crippen molar-refractivity contribution in [2.45, 2.75) is 13.1 Å². The van der Waals surface area contributed by atoms with E-state index in [1.807, 2.05) is 24.3 Å². The van der Waals surface area contributed by atoms with Crippen molar-refractivity contribution in [2.75, 3.05) is 13.9 Å². The molecule has 0 atom stereocenters. The molecule has 22 heavy (non-hydrogen) atoms. The first-order chi connectivity index (χ1) is 10.7. The van der Waals surface area contributed by atoms with E-state index in [4.69, 9.17) is 14.2 Å². The molecule has 116 valence electrons. The van der Waals surface area contributed by atoms with Gasteiger partial charge in [-0.1, -0.05) is 22.0 Å². The van der Waals surface area contributed by atoms with Crippen LogP contribution in [0.25, 0.3) is 0 Å². The van der Waals surface area contributed by atoms with Gasteiger partial charge in [0.25, 0.3) is 0 Å². The Morgan fingerprint density at radius 1 is 1.09 bits per heavy atom. The van der Waals surface area contributed by atoms with E-state index in [2.05, 4.69) is 43.2 Å². The maximum atomic E-state index is 5.45. The molecule has 0 spiro atoms. The molecule has 2 aromatic rings. The minimum Gasteiger partial charge on any atom is -0.495 e. The third-order valence-corrected chi connectivity index (χ3v) is 4.42. The second kappa shape index (κ2) is 6.89. The Hall–Kier alpha value is -1.24. The SMILES string of the molecule is COc1c(Br)cc(Br)cc1CNCc1ccc2c(c1)OCO2. The maximum absolute atomic E-state index is 5.45. The summed E-state index contributed by atoms with van der Waals surface area (Å²) in [5.41, 5.74) is 2.24. The summed E-state index contributed by atoms with van der Waals surface area (Å²) in [5.74, 6) is 2.46. The standard InChI is InChI=1S/C16H15Br2NO3/c1-20-16-11(5-12(17)6-13(16)18)8-19-7-10-2-3-14-15(4-10)22-9-21-14/h2-6,19H,7-9H2,1H3. The van der Waals surface area contributed by atoms with Crippen molar-refractivity contribution in [1.82, 2.24) is 5.32 Å². The summed E-state index contributed by atoms with van der Waals surface area (Å²) in [5, 5.41) is 3.42. The number of hydrogen-bond donors (Lipinski definition) is 1. The highest BCUT2D eigenvalue weighted by atomic mass is 79.9. The number of benzene rings is 2. The molecular weight excluding hydrogens is 414 g/mol. The molecule has 0 aromatic heterocycles. The van der Waals surface area contributed by atoms with E-state index in [1.54, 1.807) is 7.11 Å². The van der Waals surface area contributed by atoms with Crippen LogP contribution in [0, 0.1) is 0 Å². The van der Waals surface area contributed by atoms with Gasteiger partial charge in [-0.3, -0.25) is 0 Å². The summed E-state index contributed by atoms with van der Waals surface area (Å²) in [6, 6.07) is 10.0. The van der Waals surface area contributed by atoms with Gasteiger partial charge in [0.15, 0.2) is 11.5 Å². The van der Waals surface area contributed by atoms with E-state index in [9.17, 15) is 0 Å². The Labute approximate surface area is 146 Å². The van der Waals surface area contributed by atoms with Crippen LogP contribution in [-0.2, 0) is 13.1 Å². The van der Waals surface area contributed by atoms with Crippen molar-refractivity contribution in [3.05, 3.63) is 50.4 Å². The molecular formula is C16H15Br2NO3. The van der Waals surface area contributed by atoms with Gasteiger partial charge in [-0.2, -0.15) is 0 Å². The zero-order valence-electron chi connectivity index (χ0n) is 12.0. The Kier molecular flexibility index (Phi) is 4.90. The molecule has 4 nitrogen and oxygen atoms in total. The number of methoxy groups -OCH3 is 1. The van der Waals surface area contributed by atoms with Gasteiger partial charge in [0.05, 0.1) is 11.6 Å². The average molecular weight is 429 g/mol. The summed E-state index contributed by atoms with van der Waals surface area (Å²) < 4.78 is 18.1. The maximum Gasteiger partial charge on any atom is 0.231 e. The molecule has 0 saturated carbocycles. The highest BCUT2D eigenvalue weighted by Crippen LogP contribution is 2.33. The predicted octanol–water partition coefficient (Wildman–Crippen LogP) is 4.24. The van der Waals surface area contributed by atoms with E-state index in [0.29, 0.717) is 13.3 Å². The summed E-state index contributed by atoms with van der Waals surface area (Å²) in [4.78, 5) is 0. The van der Waals surface area contributed by atoms with Gasteiger partial charge in [-0.15, -0.1) is 0 Å². The summed E-state index contributed by atoms with van der Waals surface area (Å²) in [7, 11) is 1.68. The second-order valence-electron chi connectivity index (χ2n) is 4.87. The highest BCUT2D eigenvalue weighted by Gasteiger charge is 2.13. The van der Waals surface area contributed by atoms with Gasteiger partial charge in [0.1, 0.15) is 5.75 Å². The first kappa shape index (κ1) is 15.6. The Morgan fingerprint density at radius 2 is 1.91 bits per heavy atom. The lowest BCUT2D eigenvalue weighted by Crippen LogP contribution is -2.13. The number of ether oxygens (including phenoxy) is 3. The van der Waals surface area contributed by atoms with E-state index in [-0.39, 0.29) is 0 Å². The Morgan fingerprint density at radius 3 is 2.73 bits per heavy atom. The molecule has 1 aliphatic rings. The minimum atomic E-state index is 0.301. The number of rotatable bonds is 5. The first-order valence-electron chi connectivity index (χ1n) is 6.78. The van der Waals surface area contributed by atoms with Crippen LogP contribution in [0.5, 0.6) is 17.2 Å². The van der Waals surface area contributed by atoms with Gasteiger partial charge in [-0.05, 0) is 45.8 Å². The van der Waals surface area contributed by atoms with Crippen LogP contribution >= 0.6 is 31.9 Å². The van der Waals surface area contributed by atoms with Crippen LogP contribution in [0.3, 0.4) is 0 Å². The number of fused-ring (bicyclic) bond motifs is 1. The Bertz CT molecular complexity index is 691.